The number of ether oxygens (including phenoxy) is 1. The molecule has 13 nitrogen and oxygen atoms in total. The molecule has 2 aromatic heterocycles. The Hall–Kier alpha value is -3.03. The van der Waals surface area contributed by atoms with Gasteiger partial charge in [0.05, 0.1) is 30.2 Å². The number of nitrogens with zero attached hydrogens (tertiary/aromatic N) is 5. The first-order valence-electron chi connectivity index (χ1n) is 10.9. The Morgan fingerprint density at radius 2 is 2.00 bits per heavy atom. The van der Waals surface area contributed by atoms with E-state index >= 15 is 0 Å². The van der Waals surface area contributed by atoms with Gasteiger partial charge in [0.1, 0.15) is 11.6 Å². The topological polar surface area (TPSA) is 209 Å². The van der Waals surface area contributed by atoms with E-state index in [2.05, 4.69) is 15.0 Å². The summed E-state index contributed by atoms with van der Waals surface area (Å²) >= 11 is 0. The molecule has 1 amide bonds. The van der Waals surface area contributed by atoms with Gasteiger partial charge in [-0.05, 0) is 26.2 Å². The minimum atomic E-state index is -1.14. The van der Waals surface area contributed by atoms with Gasteiger partial charge in [0.25, 0.3) is 0 Å². The Kier molecular flexibility index (Phi) is 5.88. The number of hydrogen-bond donors (Lipinski definition) is 5. The van der Waals surface area contributed by atoms with Gasteiger partial charge in [-0.3, -0.25) is 9.59 Å². The number of fused-ring (bicyclic) bond motifs is 1. The number of carboxylic acid groups (broad SMARTS) is 1. The van der Waals surface area contributed by atoms with Crippen LogP contribution in [0.4, 0.5) is 11.8 Å². The smallest absolute Gasteiger partial charge is 0.320 e. The largest absolute Gasteiger partial charge is 0.480 e. The van der Waals surface area contributed by atoms with E-state index in [1.807, 2.05) is 0 Å². The van der Waals surface area contributed by atoms with Crippen molar-refractivity contribution in [2.45, 2.75) is 62.3 Å². The minimum absolute atomic E-state index is 0.0240. The average molecular weight is 463 g/mol. The summed E-state index contributed by atoms with van der Waals surface area (Å²) in [5.74, 6) is -1.04. The third-order valence-corrected chi connectivity index (χ3v) is 6.76. The second kappa shape index (κ2) is 8.39. The van der Waals surface area contributed by atoms with E-state index in [0.29, 0.717) is 43.5 Å². The van der Waals surface area contributed by atoms with E-state index in [1.54, 1.807) is 22.7 Å². The minimum Gasteiger partial charge on any atom is -0.480 e. The van der Waals surface area contributed by atoms with Gasteiger partial charge in [0.2, 0.25) is 11.9 Å². The van der Waals surface area contributed by atoms with E-state index in [1.165, 1.54) is 0 Å². The summed E-state index contributed by atoms with van der Waals surface area (Å²) in [5, 5.41) is 20.3. The number of anilines is 2. The summed E-state index contributed by atoms with van der Waals surface area (Å²) in [6, 6.07) is -1.51. The van der Waals surface area contributed by atoms with Gasteiger partial charge < -0.3 is 41.6 Å². The fraction of sp³-hybridized carbons (Fsp3) is 0.650. The lowest BCUT2D eigenvalue weighted by Gasteiger charge is -2.51. The van der Waals surface area contributed by atoms with Crippen molar-refractivity contribution in [3.8, 4) is 0 Å². The molecule has 180 valence electrons. The fourth-order valence-corrected chi connectivity index (χ4v) is 4.87. The molecule has 3 atom stereocenters. The maximum absolute atomic E-state index is 12.5. The normalized spacial score (nSPS) is 25.9. The molecular weight excluding hydrogens is 432 g/mol. The number of nitrogens with two attached hydrogens (primary N) is 3. The lowest BCUT2D eigenvalue weighted by atomic mass is 9.75. The predicted molar refractivity (Wildman–Crippen MR) is 118 cm³/mol. The predicted octanol–water partition coefficient (Wildman–Crippen LogP) is -0.744. The summed E-state index contributed by atoms with van der Waals surface area (Å²) < 4.78 is 8.02. The van der Waals surface area contributed by atoms with Crippen LogP contribution in [-0.4, -0.2) is 83.4 Å². The highest BCUT2D eigenvalue weighted by Crippen LogP contribution is 2.44. The molecular formula is C20H30N8O5. The number of rotatable bonds is 5. The maximum Gasteiger partial charge on any atom is 0.320 e. The van der Waals surface area contributed by atoms with Gasteiger partial charge in [-0.15, -0.1) is 0 Å². The Labute approximate surface area is 189 Å². The van der Waals surface area contributed by atoms with E-state index in [0.717, 1.165) is 0 Å². The van der Waals surface area contributed by atoms with Crippen molar-refractivity contribution in [3.05, 3.63) is 6.33 Å². The molecule has 0 radical (unpaired) electrons. The number of piperidine rings is 1. The molecule has 0 aliphatic carbocycles. The second-order valence-corrected chi connectivity index (χ2v) is 9.20. The highest BCUT2D eigenvalue weighted by atomic mass is 16.5. The van der Waals surface area contributed by atoms with Gasteiger partial charge in [0.15, 0.2) is 11.5 Å². The van der Waals surface area contributed by atoms with Crippen molar-refractivity contribution >= 4 is 34.8 Å². The molecule has 2 saturated heterocycles. The highest BCUT2D eigenvalue weighted by Gasteiger charge is 2.50. The Morgan fingerprint density at radius 1 is 1.30 bits per heavy atom. The lowest BCUT2D eigenvalue weighted by molar-refractivity contribution is -0.197. The summed E-state index contributed by atoms with van der Waals surface area (Å²) in [7, 11) is 0. The van der Waals surface area contributed by atoms with Crippen molar-refractivity contribution in [3.63, 3.8) is 0 Å². The highest BCUT2D eigenvalue weighted by molar-refractivity contribution is 5.82. The number of likely N-dealkylation sites (tertiary alicyclic amines) is 1. The number of aliphatic hydroxyl groups is 1. The van der Waals surface area contributed by atoms with E-state index in [4.69, 9.17) is 27.0 Å². The number of imidazole rings is 1. The molecule has 2 fully saturated rings. The molecule has 2 aromatic rings. The fourth-order valence-electron chi connectivity index (χ4n) is 4.87. The summed E-state index contributed by atoms with van der Waals surface area (Å²) in [4.78, 5) is 37.5. The molecule has 4 heterocycles. The zero-order valence-electron chi connectivity index (χ0n) is 18.5. The van der Waals surface area contributed by atoms with Gasteiger partial charge in [-0.2, -0.15) is 9.97 Å². The van der Waals surface area contributed by atoms with Crippen LogP contribution in [0, 0.1) is 0 Å². The average Bonchev–Trinajstić information content (AvgIpc) is 3.15. The SMILES string of the molecule is C[C@]1(O)CC2(CCN(C(=O)CC[C@@H](N)C(=O)O)CC2)OC[C@@H]1n1cnc2c(N)nc(N)nc21. The molecule has 13 heteroatoms. The molecule has 0 aromatic carbocycles. The van der Waals surface area contributed by atoms with Gasteiger partial charge >= 0.3 is 5.97 Å². The van der Waals surface area contributed by atoms with Crippen LogP contribution in [0.3, 0.4) is 0 Å². The third kappa shape index (κ3) is 4.43. The number of carbonyl (C=O) groups is 2. The molecule has 33 heavy (non-hydrogen) atoms. The number of nitrogen functional groups attached to an aromatic ring is 2. The number of carboxylic acids is 1. The number of hydrogen-bond acceptors (Lipinski definition) is 10. The van der Waals surface area contributed by atoms with Gasteiger partial charge in [-0.1, -0.05) is 0 Å². The molecule has 1 spiro atoms. The van der Waals surface area contributed by atoms with Gasteiger partial charge in [-0.25, -0.2) is 4.98 Å². The maximum atomic E-state index is 12.5. The molecule has 4 rings (SSSR count). The van der Waals surface area contributed by atoms with Crippen molar-refractivity contribution in [1.82, 2.24) is 24.4 Å². The van der Waals surface area contributed by atoms with Crippen LogP contribution in [0.2, 0.25) is 0 Å². The standard InChI is InChI=1S/C20H30N8O5/c1-19(32)9-20(4-6-27(7-5-20)13(29)3-2-11(21)17(30)31)33-8-12(19)28-10-24-14-15(22)25-18(23)26-16(14)28/h10-12,32H,2-9,21H2,1H3,(H,30,31)(H4,22,23,25,26)/t11-,12+,19+/m1/s1. The van der Waals surface area contributed by atoms with Crippen molar-refractivity contribution in [2.24, 2.45) is 5.73 Å². The first-order valence-corrected chi connectivity index (χ1v) is 10.9. The van der Waals surface area contributed by atoms with Crippen molar-refractivity contribution in [1.29, 1.82) is 0 Å². The van der Waals surface area contributed by atoms with Crippen LogP contribution in [0.5, 0.6) is 0 Å². The molecule has 8 N–H and O–H groups in total. The Morgan fingerprint density at radius 3 is 2.64 bits per heavy atom. The zero-order chi connectivity index (χ0) is 24.0. The number of aromatic nitrogens is 4. The first-order chi connectivity index (χ1) is 15.5. The van der Waals surface area contributed by atoms with Crippen LogP contribution >= 0.6 is 0 Å². The van der Waals surface area contributed by atoms with Crippen LogP contribution in [-0.2, 0) is 14.3 Å². The lowest BCUT2D eigenvalue weighted by Crippen LogP contribution is -2.58. The molecule has 0 saturated carbocycles. The quantitative estimate of drug-likeness (QED) is 0.373. The molecule has 2 aliphatic rings. The monoisotopic (exact) mass is 462 g/mol. The summed E-state index contributed by atoms with van der Waals surface area (Å²) in [6.45, 7) is 2.92. The second-order valence-electron chi connectivity index (χ2n) is 9.20. The van der Waals surface area contributed by atoms with Crippen LogP contribution in [0.15, 0.2) is 6.33 Å². The number of aliphatic carboxylic acids is 1. The summed E-state index contributed by atoms with van der Waals surface area (Å²) in [6.07, 6.45) is 3.24. The number of amides is 1. The Balaban J connectivity index is 1.42. The van der Waals surface area contributed by atoms with Crippen LogP contribution in [0.1, 0.15) is 45.1 Å². The number of carbonyl (C=O) groups excluding carboxylic acids is 1. The van der Waals surface area contributed by atoms with Crippen LogP contribution in [0.25, 0.3) is 11.2 Å². The van der Waals surface area contributed by atoms with Crippen molar-refractivity contribution in [2.75, 3.05) is 31.2 Å². The van der Waals surface area contributed by atoms with Crippen molar-refractivity contribution < 1.29 is 24.5 Å². The van der Waals surface area contributed by atoms with E-state index in [-0.39, 0.29) is 37.1 Å². The van der Waals surface area contributed by atoms with E-state index in [9.17, 15) is 14.7 Å². The zero-order valence-corrected chi connectivity index (χ0v) is 18.5. The molecule has 0 bridgehead atoms. The summed E-state index contributed by atoms with van der Waals surface area (Å²) in [5.41, 5.74) is 16.3. The molecule has 2 aliphatic heterocycles. The molecule has 0 unspecified atom stereocenters. The first kappa shape index (κ1) is 23.1. The van der Waals surface area contributed by atoms with E-state index < -0.39 is 29.3 Å². The Bertz CT molecular complexity index is 1060. The van der Waals surface area contributed by atoms with Crippen LogP contribution < -0.4 is 17.2 Å². The third-order valence-electron chi connectivity index (χ3n) is 6.76. The van der Waals surface area contributed by atoms with Gasteiger partial charge in [0, 0.05) is 25.9 Å².